The number of aromatic carboxylic acids is 1. The van der Waals surface area contributed by atoms with Crippen molar-refractivity contribution in [3.8, 4) is 0 Å². The fourth-order valence-corrected chi connectivity index (χ4v) is 1.52. The number of hydrogen-bond donors (Lipinski definition) is 1. The van der Waals surface area contributed by atoms with Gasteiger partial charge in [0.15, 0.2) is 11.5 Å². The van der Waals surface area contributed by atoms with Gasteiger partial charge in [-0.25, -0.2) is 9.78 Å². The molecule has 0 saturated carbocycles. The van der Waals surface area contributed by atoms with Crippen LogP contribution in [0.2, 0.25) is 0 Å². The molecule has 5 nitrogen and oxygen atoms in total. The lowest BCUT2D eigenvalue weighted by Crippen LogP contribution is -2.13. The van der Waals surface area contributed by atoms with Crippen molar-refractivity contribution in [1.82, 2.24) is 9.97 Å². The van der Waals surface area contributed by atoms with E-state index in [-0.39, 0.29) is 5.69 Å². The normalized spacial score (nSPS) is 10.1. The van der Waals surface area contributed by atoms with E-state index in [0.717, 1.165) is 11.3 Å². The second-order valence-electron chi connectivity index (χ2n) is 3.96. The van der Waals surface area contributed by atoms with Crippen LogP contribution < -0.4 is 4.90 Å². The molecule has 0 amide bonds. The Kier molecular flexibility index (Phi) is 3.23. The Morgan fingerprint density at radius 2 is 1.89 bits per heavy atom. The zero-order valence-corrected chi connectivity index (χ0v) is 10.2. The zero-order valence-electron chi connectivity index (χ0n) is 10.2. The van der Waals surface area contributed by atoms with Gasteiger partial charge in [-0.1, -0.05) is 17.7 Å². The van der Waals surface area contributed by atoms with E-state index >= 15 is 0 Å². The molecule has 0 saturated heterocycles. The largest absolute Gasteiger partial charge is 0.476 e. The fourth-order valence-electron chi connectivity index (χ4n) is 1.52. The van der Waals surface area contributed by atoms with Gasteiger partial charge in [0, 0.05) is 12.7 Å². The maximum Gasteiger partial charge on any atom is 0.356 e. The van der Waals surface area contributed by atoms with E-state index < -0.39 is 5.97 Å². The molecule has 5 heteroatoms. The highest BCUT2D eigenvalue weighted by Gasteiger charge is 2.10. The Balaban J connectivity index is 2.33. The van der Waals surface area contributed by atoms with Gasteiger partial charge in [-0.05, 0) is 19.1 Å². The van der Waals surface area contributed by atoms with Crippen molar-refractivity contribution >= 4 is 17.5 Å². The van der Waals surface area contributed by atoms with Gasteiger partial charge in [-0.2, -0.15) is 0 Å². The summed E-state index contributed by atoms with van der Waals surface area (Å²) in [5.41, 5.74) is 2.03. The van der Waals surface area contributed by atoms with E-state index in [9.17, 15) is 4.79 Å². The fraction of sp³-hybridized carbons (Fsp3) is 0.154. The van der Waals surface area contributed by atoms with E-state index in [0.29, 0.717) is 5.82 Å². The number of aryl methyl sites for hydroxylation is 1. The molecular weight excluding hydrogens is 230 g/mol. The van der Waals surface area contributed by atoms with Crippen LogP contribution in [0.5, 0.6) is 0 Å². The maximum atomic E-state index is 10.8. The lowest BCUT2D eigenvalue weighted by molar-refractivity contribution is 0.0690. The average Bonchev–Trinajstić information content (AvgIpc) is 2.39. The summed E-state index contributed by atoms with van der Waals surface area (Å²) in [4.78, 5) is 20.5. The number of nitrogens with zero attached hydrogens (tertiary/aromatic N) is 3. The van der Waals surface area contributed by atoms with E-state index in [1.54, 1.807) is 4.90 Å². The molecule has 0 aliphatic carbocycles. The molecule has 0 fully saturated rings. The van der Waals surface area contributed by atoms with Gasteiger partial charge in [0.2, 0.25) is 0 Å². The number of aromatic nitrogens is 2. The van der Waals surface area contributed by atoms with Crippen LogP contribution in [-0.4, -0.2) is 28.1 Å². The second kappa shape index (κ2) is 4.83. The molecule has 0 bridgehead atoms. The number of rotatable bonds is 3. The van der Waals surface area contributed by atoms with Crippen LogP contribution in [0.1, 0.15) is 16.1 Å². The van der Waals surface area contributed by atoms with Crippen molar-refractivity contribution in [2.45, 2.75) is 6.92 Å². The number of hydrogen-bond acceptors (Lipinski definition) is 4. The summed E-state index contributed by atoms with van der Waals surface area (Å²) in [6, 6.07) is 7.87. The predicted molar refractivity (Wildman–Crippen MR) is 68.2 cm³/mol. The van der Waals surface area contributed by atoms with Crippen LogP contribution in [0, 0.1) is 6.92 Å². The van der Waals surface area contributed by atoms with Crippen LogP contribution >= 0.6 is 0 Å². The molecule has 0 aliphatic heterocycles. The van der Waals surface area contributed by atoms with Crippen molar-refractivity contribution in [1.29, 1.82) is 0 Å². The molecule has 2 aromatic rings. The van der Waals surface area contributed by atoms with Gasteiger partial charge in [-0.3, -0.25) is 4.98 Å². The van der Waals surface area contributed by atoms with Crippen LogP contribution in [-0.2, 0) is 0 Å². The average molecular weight is 243 g/mol. The van der Waals surface area contributed by atoms with E-state index in [1.165, 1.54) is 12.4 Å². The van der Waals surface area contributed by atoms with Gasteiger partial charge < -0.3 is 10.0 Å². The van der Waals surface area contributed by atoms with Gasteiger partial charge >= 0.3 is 5.97 Å². The molecule has 1 heterocycles. The SMILES string of the molecule is Cc1ccc(N(C)c2cncc(C(=O)O)n2)cc1. The molecule has 92 valence electrons. The standard InChI is InChI=1S/C13H13N3O2/c1-9-3-5-10(6-4-9)16(2)12-8-14-7-11(15-12)13(17)18/h3-8H,1-2H3,(H,17,18). The van der Waals surface area contributed by atoms with Crippen molar-refractivity contribution in [3.63, 3.8) is 0 Å². The number of carboxylic acids is 1. The number of carboxylic acid groups (broad SMARTS) is 1. The molecule has 2 rings (SSSR count). The summed E-state index contributed by atoms with van der Waals surface area (Å²) in [5, 5.41) is 8.88. The lowest BCUT2D eigenvalue weighted by atomic mass is 10.2. The first-order valence-electron chi connectivity index (χ1n) is 5.43. The zero-order chi connectivity index (χ0) is 13.1. The third-order valence-electron chi connectivity index (χ3n) is 2.61. The molecule has 18 heavy (non-hydrogen) atoms. The lowest BCUT2D eigenvalue weighted by Gasteiger charge is -2.18. The monoisotopic (exact) mass is 243 g/mol. The summed E-state index contributed by atoms with van der Waals surface area (Å²) >= 11 is 0. The molecule has 0 unspecified atom stereocenters. The van der Waals surface area contributed by atoms with Crippen molar-refractivity contribution in [2.24, 2.45) is 0 Å². The van der Waals surface area contributed by atoms with E-state index in [4.69, 9.17) is 5.11 Å². The summed E-state index contributed by atoms with van der Waals surface area (Å²) < 4.78 is 0. The highest BCUT2D eigenvalue weighted by Crippen LogP contribution is 2.21. The Labute approximate surface area is 105 Å². The van der Waals surface area contributed by atoms with Gasteiger partial charge in [-0.15, -0.1) is 0 Å². The molecule has 0 radical (unpaired) electrons. The third kappa shape index (κ3) is 2.45. The first kappa shape index (κ1) is 12.0. The van der Waals surface area contributed by atoms with Gasteiger partial charge in [0.1, 0.15) is 0 Å². The van der Waals surface area contributed by atoms with Crippen molar-refractivity contribution in [3.05, 3.63) is 47.9 Å². The number of carbonyl (C=O) groups is 1. The molecular formula is C13H13N3O2. The minimum Gasteiger partial charge on any atom is -0.476 e. The summed E-state index contributed by atoms with van der Waals surface area (Å²) in [5.74, 6) is -0.583. The molecule has 0 atom stereocenters. The van der Waals surface area contributed by atoms with Crippen LogP contribution in [0.25, 0.3) is 0 Å². The Hall–Kier alpha value is -2.43. The topological polar surface area (TPSA) is 66.3 Å². The van der Waals surface area contributed by atoms with Crippen LogP contribution in [0.4, 0.5) is 11.5 Å². The maximum absolute atomic E-state index is 10.8. The van der Waals surface area contributed by atoms with Gasteiger partial charge in [0.05, 0.1) is 12.4 Å². The van der Waals surface area contributed by atoms with Crippen molar-refractivity contribution < 1.29 is 9.90 Å². The predicted octanol–water partition coefficient (Wildman–Crippen LogP) is 2.25. The first-order valence-corrected chi connectivity index (χ1v) is 5.43. The molecule has 0 spiro atoms. The summed E-state index contributed by atoms with van der Waals surface area (Å²) in [7, 11) is 1.82. The van der Waals surface area contributed by atoms with E-state index in [1.807, 2.05) is 38.2 Å². The highest BCUT2D eigenvalue weighted by atomic mass is 16.4. The smallest absolute Gasteiger partial charge is 0.356 e. The minimum atomic E-state index is -1.08. The van der Waals surface area contributed by atoms with E-state index in [2.05, 4.69) is 9.97 Å². The number of benzene rings is 1. The first-order chi connectivity index (χ1) is 8.58. The number of anilines is 2. The Bertz CT molecular complexity index is 567. The molecule has 1 N–H and O–H groups in total. The second-order valence-corrected chi connectivity index (χ2v) is 3.96. The van der Waals surface area contributed by atoms with Gasteiger partial charge in [0.25, 0.3) is 0 Å². The third-order valence-corrected chi connectivity index (χ3v) is 2.61. The Morgan fingerprint density at radius 3 is 2.50 bits per heavy atom. The molecule has 0 aliphatic rings. The highest BCUT2D eigenvalue weighted by molar-refractivity contribution is 5.85. The quantitative estimate of drug-likeness (QED) is 0.895. The van der Waals surface area contributed by atoms with Crippen LogP contribution in [0.3, 0.4) is 0 Å². The summed E-state index contributed by atoms with van der Waals surface area (Å²) in [6.45, 7) is 2.01. The molecule has 1 aromatic carbocycles. The summed E-state index contributed by atoms with van der Waals surface area (Å²) in [6.07, 6.45) is 2.76. The molecule has 1 aromatic heterocycles. The van der Waals surface area contributed by atoms with Crippen LogP contribution in [0.15, 0.2) is 36.7 Å². The van der Waals surface area contributed by atoms with Crippen molar-refractivity contribution in [2.75, 3.05) is 11.9 Å². The Morgan fingerprint density at radius 1 is 1.22 bits per heavy atom. The minimum absolute atomic E-state index is 0.0635.